The number of ether oxygens (including phenoxy) is 2. The number of aliphatic hydroxyl groups is 2. The topological polar surface area (TPSA) is 349 Å². The van der Waals surface area contributed by atoms with E-state index in [2.05, 4.69) is 27.4 Å². The minimum Gasteiger partial charge on any atom is -0.462 e. The summed E-state index contributed by atoms with van der Waals surface area (Å²) in [4.78, 5) is 93.1. The van der Waals surface area contributed by atoms with E-state index < -0.39 is 99.2 Å². The van der Waals surface area contributed by atoms with Gasteiger partial charge in [0.15, 0.2) is 6.10 Å². The Hall–Kier alpha value is -0.700. The standard InChI is InChI=1S/C47H94O22P4/c1-3-5-7-9-11-13-15-17-19-20-22-24-26-28-30-32-34-36-41(49)65-39(37-63-40(48)35-33-31-29-27-25-23-21-18-16-14-12-10-8-6-4-2)38-64-73(61,62)69-44-42(50)45(66-70(52,53)54)47(68-72(58,59)60)46(43(44)51)67-71(55,56)57/h39,42-47,50-51H,3-38H2,1-2H3,(H,61,62)(H2,52,53,54)(H2,55,56,57)(H2,58,59,60)/t39-,42+,43+,44?,45-,46+,47?/m1/s1. The van der Waals surface area contributed by atoms with Crippen molar-refractivity contribution < 1.29 is 104 Å². The molecule has 3 unspecified atom stereocenters. The predicted molar refractivity (Wildman–Crippen MR) is 273 cm³/mol. The largest absolute Gasteiger partial charge is 0.472 e. The second-order valence-corrected chi connectivity index (χ2v) is 24.4. The summed E-state index contributed by atoms with van der Waals surface area (Å²) >= 11 is 0. The van der Waals surface area contributed by atoms with Crippen LogP contribution in [0.25, 0.3) is 0 Å². The van der Waals surface area contributed by atoms with Crippen molar-refractivity contribution in [1.82, 2.24) is 0 Å². The summed E-state index contributed by atoms with van der Waals surface area (Å²) in [6.07, 6.45) is 18.6. The van der Waals surface area contributed by atoms with Gasteiger partial charge >= 0.3 is 43.2 Å². The van der Waals surface area contributed by atoms with Crippen molar-refractivity contribution >= 4 is 43.2 Å². The smallest absolute Gasteiger partial charge is 0.462 e. The number of rotatable bonds is 48. The molecule has 0 heterocycles. The van der Waals surface area contributed by atoms with Crippen LogP contribution in [-0.2, 0) is 59.9 Å². The average molecular weight is 1140 g/mol. The second kappa shape index (κ2) is 40.5. The maximum Gasteiger partial charge on any atom is 0.472 e. The number of phosphoric ester groups is 4. The summed E-state index contributed by atoms with van der Waals surface area (Å²) in [5, 5.41) is 21.9. The highest BCUT2D eigenvalue weighted by Crippen LogP contribution is 2.53. The molecule has 0 aliphatic heterocycles. The lowest BCUT2D eigenvalue weighted by Gasteiger charge is -2.45. The van der Waals surface area contributed by atoms with Crippen LogP contribution in [-0.4, -0.2) is 112 Å². The molecule has 73 heavy (non-hydrogen) atoms. The van der Waals surface area contributed by atoms with Gasteiger partial charge in [0.1, 0.15) is 43.2 Å². The van der Waals surface area contributed by atoms with Crippen LogP contribution in [0.3, 0.4) is 0 Å². The summed E-state index contributed by atoms with van der Waals surface area (Å²) < 4.78 is 82.4. The Bertz CT molecular complexity index is 1590. The molecular weight excluding hydrogens is 1040 g/mol. The Morgan fingerprint density at radius 3 is 0.986 bits per heavy atom. The van der Waals surface area contributed by atoms with Crippen LogP contribution in [0.2, 0.25) is 0 Å². The molecule has 9 N–H and O–H groups in total. The van der Waals surface area contributed by atoms with Crippen molar-refractivity contribution in [2.24, 2.45) is 0 Å². The zero-order valence-corrected chi connectivity index (χ0v) is 47.2. The van der Waals surface area contributed by atoms with Crippen molar-refractivity contribution in [3.8, 4) is 0 Å². The first-order chi connectivity index (χ1) is 34.5. The number of carbonyl (C=O) groups is 2. The van der Waals surface area contributed by atoms with Crippen LogP contribution >= 0.6 is 31.3 Å². The number of unbranched alkanes of at least 4 members (excludes halogenated alkanes) is 30. The number of carbonyl (C=O) groups excluding carboxylic acids is 2. The van der Waals surface area contributed by atoms with Crippen LogP contribution < -0.4 is 0 Å². The van der Waals surface area contributed by atoms with Gasteiger partial charge in [-0.15, -0.1) is 0 Å². The fourth-order valence-electron chi connectivity index (χ4n) is 8.73. The van der Waals surface area contributed by atoms with Gasteiger partial charge in [0.2, 0.25) is 0 Å². The van der Waals surface area contributed by atoms with Gasteiger partial charge in [-0.25, -0.2) is 18.3 Å². The lowest BCUT2D eigenvalue weighted by Crippen LogP contribution is -2.65. The molecule has 1 saturated carbocycles. The highest BCUT2D eigenvalue weighted by atomic mass is 31.2. The normalized spacial score (nSPS) is 21.0. The molecule has 0 amide bonds. The molecule has 1 aliphatic rings. The van der Waals surface area contributed by atoms with Crippen LogP contribution in [0.5, 0.6) is 0 Å². The van der Waals surface area contributed by atoms with Crippen molar-refractivity contribution in [1.29, 1.82) is 0 Å². The Morgan fingerprint density at radius 2 is 0.671 bits per heavy atom. The lowest BCUT2D eigenvalue weighted by atomic mass is 9.85. The molecular formula is C47H94O22P4. The average Bonchev–Trinajstić information content (AvgIpc) is 3.30. The van der Waals surface area contributed by atoms with E-state index in [1.54, 1.807) is 0 Å². The third-order valence-corrected chi connectivity index (χ3v) is 15.2. The fourth-order valence-corrected chi connectivity index (χ4v) is 11.4. The van der Waals surface area contributed by atoms with E-state index in [-0.39, 0.29) is 12.8 Å². The Balaban J connectivity index is 2.81. The van der Waals surface area contributed by atoms with Crippen molar-refractivity contribution in [2.45, 2.75) is 275 Å². The SMILES string of the molecule is CCCCCCCCCCCCCCCCCCCC(=O)O[C@H](COC(=O)CCCCCCCCCCCCCCCCC)COP(=O)(O)OC1[C@H](O)[C@H](OP(=O)(O)O)C(OP(=O)(O)O)[C@H](OP(=O)(O)O)[C@H]1O. The second-order valence-electron chi connectivity index (χ2n) is 19.4. The van der Waals surface area contributed by atoms with Crippen LogP contribution in [0.15, 0.2) is 0 Å². The first-order valence-corrected chi connectivity index (χ1v) is 33.2. The summed E-state index contributed by atoms with van der Waals surface area (Å²) in [6, 6.07) is 0. The van der Waals surface area contributed by atoms with Crippen molar-refractivity contribution in [3.05, 3.63) is 0 Å². The third-order valence-electron chi connectivity index (χ3n) is 12.6. The molecule has 0 aromatic rings. The molecule has 0 aromatic heterocycles. The van der Waals surface area contributed by atoms with E-state index in [9.17, 15) is 72.3 Å². The highest BCUT2D eigenvalue weighted by Gasteiger charge is 2.59. The summed E-state index contributed by atoms with van der Waals surface area (Å²) in [5.74, 6) is -1.38. The quantitative estimate of drug-likeness (QED) is 0.0155. The molecule has 26 heteroatoms. The van der Waals surface area contributed by atoms with Gasteiger partial charge in [-0.1, -0.05) is 206 Å². The fraction of sp³-hybridized carbons (Fsp3) is 0.957. The Kier molecular flexibility index (Phi) is 39.0. The number of aliphatic hydroxyl groups excluding tert-OH is 2. The lowest BCUT2D eigenvalue weighted by molar-refractivity contribution is -0.209. The van der Waals surface area contributed by atoms with Crippen LogP contribution in [0.4, 0.5) is 0 Å². The van der Waals surface area contributed by atoms with Crippen LogP contribution in [0.1, 0.15) is 232 Å². The number of phosphoric acid groups is 4. The van der Waals surface area contributed by atoms with Gasteiger partial charge in [-0.3, -0.25) is 32.2 Å². The highest BCUT2D eigenvalue weighted by molar-refractivity contribution is 7.47. The van der Waals surface area contributed by atoms with Gasteiger partial charge in [-0.05, 0) is 12.8 Å². The Morgan fingerprint density at radius 1 is 0.384 bits per heavy atom. The molecule has 0 saturated heterocycles. The molecule has 1 aliphatic carbocycles. The number of hydrogen-bond donors (Lipinski definition) is 9. The zero-order chi connectivity index (χ0) is 54.6. The van der Waals surface area contributed by atoms with Crippen molar-refractivity contribution in [2.75, 3.05) is 13.2 Å². The monoisotopic (exact) mass is 1130 g/mol. The molecule has 0 radical (unpaired) electrons. The van der Waals surface area contributed by atoms with E-state index in [0.29, 0.717) is 12.8 Å². The predicted octanol–water partition coefficient (Wildman–Crippen LogP) is 10.4. The first-order valence-electron chi connectivity index (χ1n) is 27.1. The molecule has 8 atom stereocenters. The molecule has 22 nitrogen and oxygen atoms in total. The van der Waals surface area contributed by atoms with E-state index in [4.69, 9.17) is 18.5 Å². The van der Waals surface area contributed by atoms with Crippen LogP contribution in [0, 0.1) is 0 Å². The molecule has 1 fully saturated rings. The van der Waals surface area contributed by atoms with Crippen molar-refractivity contribution in [3.63, 3.8) is 0 Å². The zero-order valence-electron chi connectivity index (χ0n) is 43.6. The molecule has 434 valence electrons. The maximum absolute atomic E-state index is 13.3. The molecule has 1 rings (SSSR count). The molecule has 0 aromatic carbocycles. The summed E-state index contributed by atoms with van der Waals surface area (Å²) in [7, 11) is -23.0. The van der Waals surface area contributed by atoms with Gasteiger partial charge in [0, 0.05) is 12.8 Å². The summed E-state index contributed by atoms with van der Waals surface area (Å²) in [5.41, 5.74) is 0. The first kappa shape index (κ1) is 70.3. The molecule has 0 spiro atoms. The summed E-state index contributed by atoms with van der Waals surface area (Å²) in [6.45, 7) is 2.81. The van der Waals surface area contributed by atoms with E-state index >= 15 is 0 Å². The minimum atomic E-state index is -5.79. The van der Waals surface area contributed by atoms with Gasteiger partial charge in [-0.2, -0.15) is 0 Å². The number of hydrogen-bond acceptors (Lipinski definition) is 15. The van der Waals surface area contributed by atoms with E-state index in [0.717, 1.165) is 57.8 Å². The third kappa shape index (κ3) is 38.5. The Labute approximate surface area is 434 Å². The van der Waals surface area contributed by atoms with Gasteiger partial charge in [0.25, 0.3) is 0 Å². The van der Waals surface area contributed by atoms with Gasteiger partial charge in [0.05, 0.1) is 6.61 Å². The molecule has 0 bridgehead atoms. The van der Waals surface area contributed by atoms with E-state index in [1.807, 2.05) is 0 Å². The maximum atomic E-state index is 13.3. The number of esters is 2. The minimum absolute atomic E-state index is 0.0422. The van der Waals surface area contributed by atoms with Gasteiger partial charge < -0.3 is 53.9 Å². The van der Waals surface area contributed by atoms with E-state index in [1.165, 1.54) is 135 Å².